The predicted octanol–water partition coefficient (Wildman–Crippen LogP) is 2.30. The monoisotopic (exact) mass is 282 g/mol. The molecule has 110 valence electrons. The largest absolute Gasteiger partial charge is 0.481 e. The molecule has 0 aliphatic rings. The van der Waals surface area contributed by atoms with Crippen LogP contribution in [0.4, 0.5) is 9.18 Å². The first kappa shape index (κ1) is 15.9. The van der Waals surface area contributed by atoms with Gasteiger partial charge in [0.05, 0.1) is 12.0 Å². The molecule has 6 heteroatoms. The highest BCUT2D eigenvalue weighted by Gasteiger charge is 2.16. The molecule has 1 aromatic rings. The molecule has 0 radical (unpaired) electrons. The second-order valence-electron chi connectivity index (χ2n) is 4.57. The van der Waals surface area contributed by atoms with Gasteiger partial charge in [-0.15, -0.1) is 0 Å². The number of rotatable bonds is 6. The van der Waals surface area contributed by atoms with Gasteiger partial charge in [0.1, 0.15) is 5.82 Å². The van der Waals surface area contributed by atoms with E-state index in [1.54, 1.807) is 26.0 Å². The maximum absolute atomic E-state index is 12.8. The van der Waals surface area contributed by atoms with E-state index in [1.807, 2.05) is 0 Å². The van der Waals surface area contributed by atoms with Gasteiger partial charge in [-0.05, 0) is 31.0 Å². The minimum Gasteiger partial charge on any atom is -0.481 e. The Labute approximate surface area is 117 Å². The highest BCUT2D eigenvalue weighted by Crippen LogP contribution is 2.12. The zero-order valence-electron chi connectivity index (χ0n) is 11.5. The number of amides is 2. The molecule has 1 rings (SSSR count). The van der Waals surface area contributed by atoms with Gasteiger partial charge in [-0.3, -0.25) is 4.79 Å². The lowest BCUT2D eigenvalue weighted by atomic mass is 10.1. The molecule has 1 aromatic carbocycles. The topological polar surface area (TPSA) is 78.4 Å². The summed E-state index contributed by atoms with van der Waals surface area (Å²) in [4.78, 5) is 22.5. The van der Waals surface area contributed by atoms with Crippen molar-refractivity contribution in [2.75, 3.05) is 6.54 Å². The fraction of sp³-hybridized carbons (Fsp3) is 0.429. The van der Waals surface area contributed by atoms with Crippen molar-refractivity contribution in [2.24, 2.45) is 5.92 Å². The molecule has 5 nitrogen and oxygen atoms in total. The van der Waals surface area contributed by atoms with Crippen LogP contribution in [0.1, 0.15) is 31.9 Å². The Morgan fingerprint density at radius 2 is 1.90 bits per heavy atom. The smallest absolute Gasteiger partial charge is 0.315 e. The molecule has 0 aliphatic heterocycles. The summed E-state index contributed by atoms with van der Waals surface area (Å²) >= 11 is 0. The fourth-order valence-corrected chi connectivity index (χ4v) is 1.70. The molecule has 0 saturated carbocycles. The summed E-state index contributed by atoms with van der Waals surface area (Å²) in [5.41, 5.74) is 0.770. The van der Waals surface area contributed by atoms with Crippen LogP contribution in [-0.2, 0) is 4.79 Å². The molecule has 0 heterocycles. The van der Waals surface area contributed by atoms with Crippen LogP contribution >= 0.6 is 0 Å². The number of carbonyl (C=O) groups excluding carboxylic acids is 1. The van der Waals surface area contributed by atoms with Crippen LogP contribution in [-0.4, -0.2) is 23.7 Å². The SMILES string of the molecule is CCC(CNC(=O)NC(C)c1ccc(F)cc1)C(=O)O. The van der Waals surface area contributed by atoms with Crippen molar-refractivity contribution in [1.29, 1.82) is 0 Å². The molecule has 2 amide bonds. The lowest BCUT2D eigenvalue weighted by molar-refractivity contribution is -0.141. The molecule has 3 N–H and O–H groups in total. The number of benzene rings is 1. The average Bonchev–Trinajstić information content (AvgIpc) is 2.39. The molecule has 0 aromatic heterocycles. The number of hydrogen-bond acceptors (Lipinski definition) is 2. The third-order valence-electron chi connectivity index (χ3n) is 3.07. The van der Waals surface area contributed by atoms with Crippen molar-refractivity contribution >= 4 is 12.0 Å². The highest BCUT2D eigenvalue weighted by atomic mass is 19.1. The maximum atomic E-state index is 12.8. The Morgan fingerprint density at radius 3 is 2.40 bits per heavy atom. The second-order valence-corrected chi connectivity index (χ2v) is 4.57. The first-order chi connectivity index (χ1) is 9.43. The minimum absolute atomic E-state index is 0.0772. The molecule has 2 unspecified atom stereocenters. The number of hydrogen-bond donors (Lipinski definition) is 3. The van der Waals surface area contributed by atoms with Gasteiger partial charge in [-0.1, -0.05) is 19.1 Å². The van der Waals surface area contributed by atoms with E-state index in [2.05, 4.69) is 10.6 Å². The third kappa shape index (κ3) is 4.87. The quantitative estimate of drug-likeness (QED) is 0.749. The Kier molecular flexibility index (Phi) is 5.96. The standard InChI is InChI=1S/C14H19FN2O3/c1-3-10(13(18)19)8-16-14(20)17-9(2)11-4-6-12(15)7-5-11/h4-7,9-10H,3,8H2,1-2H3,(H,18,19)(H2,16,17,20). The zero-order valence-corrected chi connectivity index (χ0v) is 11.5. The van der Waals surface area contributed by atoms with Gasteiger partial charge >= 0.3 is 12.0 Å². The maximum Gasteiger partial charge on any atom is 0.315 e. The summed E-state index contributed by atoms with van der Waals surface area (Å²) in [6.45, 7) is 3.59. The molecule has 0 bridgehead atoms. The van der Waals surface area contributed by atoms with Crippen LogP contribution in [0.25, 0.3) is 0 Å². The fourth-order valence-electron chi connectivity index (χ4n) is 1.70. The number of carboxylic acid groups (broad SMARTS) is 1. The number of carbonyl (C=O) groups is 2. The highest BCUT2D eigenvalue weighted by molar-refractivity contribution is 5.76. The molecule has 0 spiro atoms. The number of aliphatic carboxylic acids is 1. The van der Waals surface area contributed by atoms with E-state index >= 15 is 0 Å². The van der Waals surface area contributed by atoms with E-state index in [0.717, 1.165) is 5.56 Å². The van der Waals surface area contributed by atoms with E-state index < -0.39 is 17.9 Å². The summed E-state index contributed by atoms with van der Waals surface area (Å²) < 4.78 is 12.8. The van der Waals surface area contributed by atoms with E-state index in [-0.39, 0.29) is 18.4 Å². The van der Waals surface area contributed by atoms with Gasteiger partial charge in [0, 0.05) is 6.54 Å². The molecule has 2 atom stereocenters. The van der Waals surface area contributed by atoms with E-state index in [9.17, 15) is 14.0 Å². The summed E-state index contributed by atoms with van der Waals surface area (Å²) in [6, 6.07) is 5.09. The van der Waals surface area contributed by atoms with Crippen LogP contribution in [0.15, 0.2) is 24.3 Å². The van der Waals surface area contributed by atoms with Crippen molar-refractivity contribution in [3.8, 4) is 0 Å². The molecular formula is C14H19FN2O3. The van der Waals surface area contributed by atoms with E-state index in [4.69, 9.17) is 5.11 Å². The third-order valence-corrected chi connectivity index (χ3v) is 3.07. The second kappa shape index (κ2) is 7.47. The zero-order chi connectivity index (χ0) is 15.1. The summed E-state index contributed by atoms with van der Waals surface area (Å²) in [7, 11) is 0. The van der Waals surface area contributed by atoms with Crippen molar-refractivity contribution in [3.05, 3.63) is 35.6 Å². The summed E-state index contributed by atoms with van der Waals surface area (Å²) in [5, 5.41) is 14.1. The molecule has 0 aliphatic carbocycles. The van der Waals surface area contributed by atoms with Crippen molar-refractivity contribution in [1.82, 2.24) is 10.6 Å². The number of nitrogens with one attached hydrogen (secondary N) is 2. The van der Waals surface area contributed by atoms with Crippen LogP contribution in [0.3, 0.4) is 0 Å². The number of urea groups is 1. The van der Waals surface area contributed by atoms with Crippen LogP contribution in [0, 0.1) is 11.7 Å². The number of halogens is 1. The Bertz CT molecular complexity index is 462. The molecular weight excluding hydrogens is 263 g/mol. The van der Waals surface area contributed by atoms with E-state index in [0.29, 0.717) is 6.42 Å². The van der Waals surface area contributed by atoms with Gasteiger partial charge in [-0.2, -0.15) is 0 Å². The molecule has 20 heavy (non-hydrogen) atoms. The first-order valence-electron chi connectivity index (χ1n) is 6.46. The van der Waals surface area contributed by atoms with Gasteiger partial charge in [0.15, 0.2) is 0 Å². The Hall–Kier alpha value is -2.11. The van der Waals surface area contributed by atoms with Crippen molar-refractivity contribution in [2.45, 2.75) is 26.3 Å². The van der Waals surface area contributed by atoms with Gasteiger partial charge in [0.2, 0.25) is 0 Å². The van der Waals surface area contributed by atoms with Crippen molar-refractivity contribution < 1.29 is 19.1 Å². The summed E-state index contributed by atoms with van der Waals surface area (Å²) in [5.74, 6) is -1.86. The van der Waals surface area contributed by atoms with Crippen LogP contribution in [0.5, 0.6) is 0 Å². The molecule has 0 fully saturated rings. The number of carboxylic acids is 1. The lowest BCUT2D eigenvalue weighted by Gasteiger charge is -2.16. The van der Waals surface area contributed by atoms with Crippen LogP contribution in [0.2, 0.25) is 0 Å². The predicted molar refractivity (Wildman–Crippen MR) is 72.8 cm³/mol. The summed E-state index contributed by atoms with van der Waals surface area (Å²) in [6.07, 6.45) is 0.448. The normalized spacial score (nSPS) is 13.3. The van der Waals surface area contributed by atoms with Crippen LogP contribution < -0.4 is 10.6 Å². The minimum atomic E-state index is -0.931. The first-order valence-corrected chi connectivity index (χ1v) is 6.46. The van der Waals surface area contributed by atoms with Gasteiger partial charge in [-0.25, -0.2) is 9.18 Å². The van der Waals surface area contributed by atoms with Crippen molar-refractivity contribution in [3.63, 3.8) is 0 Å². The van der Waals surface area contributed by atoms with Gasteiger partial charge in [0.25, 0.3) is 0 Å². The average molecular weight is 282 g/mol. The Balaban J connectivity index is 2.45. The van der Waals surface area contributed by atoms with Gasteiger partial charge < -0.3 is 15.7 Å². The van der Waals surface area contributed by atoms with E-state index in [1.165, 1.54) is 12.1 Å². The Morgan fingerprint density at radius 1 is 1.30 bits per heavy atom. The lowest BCUT2D eigenvalue weighted by Crippen LogP contribution is -2.40. The molecule has 0 saturated heterocycles.